The summed E-state index contributed by atoms with van der Waals surface area (Å²) in [6.07, 6.45) is 4.00. The Labute approximate surface area is 61.9 Å². The number of carboxylic acid groups (broad SMARTS) is 1. The highest BCUT2D eigenvalue weighted by molar-refractivity contribution is 5.84. The molecule has 0 aromatic carbocycles. The van der Waals surface area contributed by atoms with Crippen molar-refractivity contribution < 1.29 is 9.90 Å². The van der Waals surface area contributed by atoms with Gasteiger partial charge in [-0.1, -0.05) is 18.7 Å². The van der Waals surface area contributed by atoms with Gasteiger partial charge in [-0.2, -0.15) is 0 Å². The van der Waals surface area contributed by atoms with E-state index in [-0.39, 0.29) is 5.57 Å². The molecule has 0 aliphatic heterocycles. The van der Waals surface area contributed by atoms with Gasteiger partial charge in [0.15, 0.2) is 0 Å². The second-order valence-corrected chi connectivity index (χ2v) is 1.75. The van der Waals surface area contributed by atoms with Crippen LogP contribution in [-0.2, 0) is 4.79 Å². The van der Waals surface area contributed by atoms with Crippen LogP contribution in [0.15, 0.2) is 24.3 Å². The quantitative estimate of drug-likeness (QED) is 0.450. The molecule has 0 bridgehead atoms. The molecule has 0 heterocycles. The van der Waals surface area contributed by atoms with Crippen molar-refractivity contribution in [3.63, 3.8) is 0 Å². The molecule has 0 spiro atoms. The molecule has 0 amide bonds. The maximum Gasteiger partial charge on any atom is 0.330 e. The third kappa shape index (κ3) is 15.8. The third-order valence-corrected chi connectivity index (χ3v) is 0.698. The van der Waals surface area contributed by atoms with Gasteiger partial charge in [0, 0.05) is 5.57 Å². The van der Waals surface area contributed by atoms with Crippen molar-refractivity contribution in [1.29, 1.82) is 0 Å². The fourth-order valence-electron chi connectivity index (χ4n) is 0. The summed E-state index contributed by atoms with van der Waals surface area (Å²) in [7, 11) is 0. The highest BCUT2D eigenvalue weighted by atomic mass is 16.4. The van der Waals surface area contributed by atoms with Crippen LogP contribution in [0.4, 0.5) is 0 Å². The highest BCUT2D eigenvalue weighted by Gasteiger charge is 1.90. The van der Waals surface area contributed by atoms with E-state index >= 15 is 0 Å². The van der Waals surface area contributed by atoms with Gasteiger partial charge in [0.2, 0.25) is 0 Å². The summed E-state index contributed by atoms with van der Waals surface area (Å²) >= 11 is 0. The SMILES string of the molecule is C=C(C)C(=O)O.CC=CC. The lowest BCUT2D eigenvalue weighted by Crippen LogP contribution is -1.92. The van der Waals surface area contributed by atoms with Crippen molar-refractivity contribution >= 4 is 5.97 Å². The van der Waals surface area contributed by atoms with E-state index in [4.69, 9.17) is 5.11 Å². The van der Waals surface area contributed by atoms with Gasteiger partial charge >= 0.3 is 5.97 Å². The number of aliphatic carboxylic acids is 1. The van der Waals surface area contributed by atoms with E-state index in [0.717, 1.165) is 0 Å². The van der Waals surface area contributed by atoms with Crippen molar-refractivity contribution in [2.45, 2.75) is 20.8 Å². The van der Waals surface area contributed by atoms with Gasteiger partial charge in [-0.15, -0.1) is 0 Å². The van der Waals surface area contributed by atoms with Gasteiger partial charge in [0.25, 0.3) is 0 Å². The molecular weight excluding hydrogens is 128 g/mol. The maximum atomic E-state index is 9.60. The second-order valence-electron chi connectivity index (χ2n) is 1.75. The minimum absolute atomic E-state index is 0.176. The van der Waals surface area contributed by atoms with E-state index in [1.807, 2.05) is 26.0 Å². The second kappa shape index (κ2) is 7.95. The van der Waals surface area contributed by atoms with Crippen LogP contribution in [0.2, 0.25) is 0 Å². The average molecular weight is 142 g/mol. The summed E-state index contributed by atoms with van der Waals surface area (Å²) in [6.45, 7) is 8.60. The van der Waals surface area contributed by atoms with Crippen LogP contribution >= 0.6 is 0 Å². The standard InChI is InChI=1S/C4H6O2.C4H8/c1-3(2)4(5)6;1-3-4-2/h1H2,2H3,(H,5,6);3-4H,1-2H3. The zero-order valence-electron chi connectivity index (χ0n) is 6.72. The lowest BCUT2D eigenvalue weighted by molar-refractivity contribution is -0.132. The largest absolute Gasteiger partial charge is 0.478 e. The van der Waals surface area contributed by atoms with Crippen LogP contribution < -0.4 is 0 Å². The highest BCUT2D eigenvalue weighted by Crippen LogP contribution is 1.81. The Morgan fingerprint density at radius 1 is 1.40 bits per heavy atom. The first-order chi connectivity index (χ1) is 4.56. The zero-order valence-corrected chi connectivity index (χ0v) is 6.72. The van der Waals surface area contributed by atoms with E-state index < -0.39 is 5.97 Å². The Balaban J connectivity index is 0. The number of allylic oxidation sites excluding steroid dienone is 2. The molecule has 1 N–H and O–H groups in total. The van der Waals surface area contributed by atoms with Gasteiger partial charge in [0.05, 0.1) is 0 Å². The van der Waals surface area contributed by atoms with Crippen LogP contribution in [0.1, 0.15) is 20.8 Å². The molecule has 0 aromatic heterocycles. The van der Waals surface area contributed by atoms with Crippen molar-refractivity contribution in [1.82, 2.24) is 0 Å². The zero-order chi connectivity index (χ0) is 8.57. The van der Waals surface area contributed by atoms with Gasteiger partial charge in [-0.05, 0) is 20.8 Å². The molecular formula is C8H14O2. The summed E-state index contributed by atoms with van der Waals surface area (Å²) in [4.78, 5) is 9.60. The summed E-state index contributed by atoms with van der Waals surface area (Å²) in [5, 5.41) is 7.89. The third-order valence-electron chi connectivity index (χ3n) is 0.698. The fraction of sp³-hybridized carbons (Fsp3) is 0.375. The number of hydrogen-bond acceptors (Lipinski definition) is 1. The molecule has 58 valence electrons. The number of hydrogen-bond donors (Lipinski definition) is 1. The maximum absolute atomic E-state index is 9.60. The normalized spacial score (nSPS) is 8.30. The van der Waals surface area contributed by atoms with Crippen molar-refractivity contribution in [2.24, 2.45) is 0 Å². The first-order valence-corrected chi connectivity index (χ1v) is 3.02. The van der Waals surface area contributed by atoms with Crippen LogP contribution in [0.3, 0.4) is 0 Å². The minimum Gasteiger partial charge on any atom is -0.478 e. The first-order valence-electron chi connectivity index (χ1n) is 3.02. The van der Waals surface area contributed by atoms with Crippen molar-refractivity contribution in [2.75, 3.05) is 0 Å². The first kappa shape index (κ1) is 11.7. The van der Waals surface area contributed by atoms with Crippen LogP contribution in [-0.4, -0.2) is 11.1 Å². The van der Waals surface area contributed by atoms with E-state index in [0.29, 0.717) is 0 Å². The van der Waals surface area contributed by atoms with Crippen molar-refractivity contribution in [3.8, 4) is 0 Å². The number of rotatable bonds is 1. The summed E-state index contributed by atoms with van der Waals surface area (Å²) in [6, 6.07) is 0. The molecule has 0 rings (SSSR count). The van der Waals surface area contributed by atoms with Gasteiger partial charge in [-0.25, -0.2) is 4.79 Å². The molecule has 0 saturated heterocycles. The summed E-state index contributed by atoms with van der Waals surface area (Å²) < 4.78 is 0. The number of carbonyl (C=O) groups is 1. The minimum atomic E-state index is -0.935. The van der Waals surface area contributed by atoms with Crippen LogP contribution in [0.25, 0.3) is 0 Å². The lowest BCUT2D eigenvalue weighted by atomic mass is 10.4. The Morgan fingerprint density at radius 2 is 1.60 bits per heavy atom. The summed E-state index contributed by atoms with van der Waals surface area (Å²) in [5.41, 5.74) is 0.176. The molecule has 0 unspecified atom stereocenters. The Kier molecular flexibility index (Phi) is 9.31. The van der Waals surface area contributed by atoms with Gasteiger partial charge in [-0.3, -0.25) is 0 Å². The molecule has 2 heteroatoms. The molecule has 0 fully saturated rings. The monoisotopic (exact) mass is 142 g/mol. The van der Waals surface area contributed by atoms with E-state index in [1.54, 1.807) is 0 Å². The molecule has 2 nitrogen and oxygen atoms in total. The molecule has 0 aromatic rings. The van der Waals surface area contributed by atoms with E-state index in [2.05, 4.69) is 6.58 Å². The van der Waals surface area contributed by atoms with Gasteiger partial charge < -0.3 is 5.11 Å². The Morgan fingerprint density at radius 3 is 1.60 bits per heavy atom. The van der Waals surface area contributed by atoms with Crippen LogP contribution in [0, 0.1) is 0 Å². The molecule has 0 saturated carbocycles. The topological polar surface area (TPSA) is 37.3 Å². The Bertz CT molecular complexity index is 118. The molecule has 0 radical (unpaired) electrons. The Hall–Kier alpha value is -1.05. The van der Waals surface area contributed by atoms with Crippen molar-refractivity contribution in [3.05, 3.63) is 24.3 Å². The number of carboxylic acids is 1. The average Bonchev–Trinajstić information content (AvgIpc) is 1.89. The van der Waals surface area contributed by atoms with E-state index in [9.17, 15) is 4.79 Å². The fourth-order valence-corrected chi connectivity index (χ4v) is 0. The summed E-state index contributed by atoms with van der Waals surface area (Å²) in [5.74, 6) is -0.935. The molecule has 0 atom stereocenters. The van der Waals surface area contributed by atoms with E-state index in [1.165, 1.54) is 6.92 Å². The predicted octanol–water partition coefficient (Wildman–Crippen LogP) is 2.23. The molecule has 0 aliphatic carbocycles. The molecule has 0 aliphatic rings. The predicted molar refractivity (Wildman–Crippen MR) is 42.9 cm³/mol. The van der Waals surface area contributed by atoms with Crippen LogP contribution in [0.5, 0.6) is 0 Å². The van der Waals surface area contributed by atoms with Gasteiger partial charge in [0.1, 0.15) is 0 Å². The molecule has 10 heavy (non-hydrogen) atoms. The lowest BCUT2D eigenvalue weighted by Gasteiger charge is -1.79. The smallest absolute Gasteiger partial charge is 0.330 e.